The van der Waals surface area contributed by atoms with Gasteiger partial charge in [0.25, 0.3) is 0 Å². The first kappa shape index (κ1) is 9.41. The van der Waals surface area contributed by atoms with Crippen molar-refractivity contribution in [1.29, 1.82) is 0 Å². The normalized spacial score (nSPS) is 9.40. The lowest BCUT2D eigenvalue weighted by atomic mass is 10.1. The summed E-state index contributed by atoms with van der Waals surface area (Å²) in [5, 5.41) is 0. The highest BCUT2D eigenvalue weighted by Gasteiger charge is 1.97. The molecule has 0 rings (SSSR count). The molecule has 0 aromatic carbocycles. The molecule has 0 fully saturated rings. The molecule has 1 heteroatoms. The van der Waals surface area contributed by atoms with Gasteiger partial charge >= 0.3 is 0 Å². The van der Waals surface area contributed by atoms with Crippen LogP contribution in [0.3, 0.4) is 0 Å². The van der Waals surface area contributed by atoms with Crippen LogP contribution in [-0.4, -0.2) is 5.78 Å². The fourth-order valence-electron chi connectivity index (χ4n) is 0.764. The largest absolute Gasteiger partial charge is 0.295 e. The Bertz CT molecular complexity index is 125. The summed E-state index contributed by atoms with van der Waals surface area (Å²) >= 11 is 0. The van der Waals surface area contributed by atoms with E-state index in [0.29, 0.717) is 0 Å². The van der Waals surface area contributed by atoms with Crippen LogP contribution >= 0.6 is 0 Å². The van der Waals surface area contributed by atoms with Crippen LogP contribution in [0, 0.1) is 0 Å². The molecule has 0 saturated heterocycles. The fraction of sp³-hybridized carbons (Fsp3) is 0.667. The summed E-state index contributed by atoms with van der Waals surface area (Å²) in [4.78, 5) is 10.6. The molecule has 0 aliphatic rings. The average molecular weight is 140 g/mol. The predicted molar refractivity (Wildman–Crippen MR) is 44.0 cm³/mol. The maximum atomic E-state index is 10.6. The molecule has 1 nitrogen and oxygen atoms in total. The second kappa shape index (κ2) is 5.21. The molecule has 10 heavy (non-hydrogen) atoms. The number of unbranched alkanes of at least 4 members (excludes halogenated alkanes) is 2. The highest BCUT2D eigenvalue weighted by Crippen LogP contribution is 2.06. The molecule has 58 valence electrons. The van der Waals surface area contributed by atoms with Gasteiger partial charge in [-0.25, -0.2) is 0 Å². The van der Waals surface area contributed by atoms with Crippen LogP contribution < -0.4 is 0 Å². The van der Waals surface area contributed by atoms with Crippen LogP contribution in [0.5, 0.6) is 0 Å². The quantitative estimate of drug-likeness (QED) is 0.424. The third kappa shape index (κ3) is 4.30. The van der Waals surface area contributed by atoms with Gasteiger partial charge in [-0.15, -0.1) is 0 Å². The second-order valence-electron chi connectivity index (χ2n) is 2.62. The molecule has 0 aromatic heterocycles. The molecule has 0 heterocycles. The van der Waals surface area contributed by atoms with Crippen LogP contribution in [0.4, 0.5) is 0 Å². The van der Waals surface area contributed by atoms with Gasteiger partial charge in [-0.2, -0.15) is 0 Å². The number of allylic oxidation sites excluding steroid dienone is 1. The number of carbonyl (C=O) groups excluding carboxylic acids is 1. The van der Waals surface area contributed by atoms with Gasteiger partial charge in [-0.05, 0) is 25.3 Å². The Labute approximate surface area is 63.1 Å². The molecule has 0 spiro atoms. The van der Waals surface area contributed by atoms with E-state index >= 15 is 0 Å². The van der Waals surface area contributed by atoms with Crippen LogP contribution in [-0.2, 0) is 4.79 Å². The molecule has 0 aliphatic carbocycles. The Morgan fingerprint density at radius 1 is 1.40 bits per heavy atom. The van der Waals surface area contributed by atoms with Crippen LogP contribution in [0.2, 0.25) is 0 Å². The van der Waals surface area contributed by atoms with Crippen LogP contribution in [0.15, 0.2) is 12.2 Å². The van der Waals surface area contributed by atoms with Gasteiger partial charge < -0.3 is 0 Å². The van der Waals surface area contributed by atoms with Crippen molar-refractivity contribution in [3.05, 3.63) is 12.2 Å². The highest BCUT2D eigenvalue weighted by atomic mass is 16.1. The molecule has 0 unspecified atom stereocenters. The topological polar surface area (TPSA) is 17.1 Å². The molecule has 0 N–H and O–H groups in total. The van der Waals surface area contributed by atoms with Gasteiger partial charge in [0.2, 0.25) is 0 Å². The first-order valence-electron chi connectivity index (χ1n) is 3.87. The van der Waals surface area contributed by atoms with Gasteiger partial charge in [0.05, 0.1) is 0 Å². The SMILES string of the molecule is C=C(CCCCC)C(C)=O. The van der Waals surface area contributed by atoms with Crippen molar-refractivity contribution in [1.82, 2.24) is 0 Å². The van der Waals surface area contributed by atoms with Crippen molar-refractivity contribution < 1.29 is 4.79 Å². The maximum absolute atomic E-state index is 10.6. The third-order valence-corrected chi connectivity index (χ3v) is 1.58. The zero-order valence-corrected chi connectivity index (χ0v) is 6.94. The third-order valence-electron chi connectivity index (χ3n) is 1.58. The number of carbonyl (C=O) groups is 1. The van der Waals surface area contributed by atoms with Crippen molar-refractivity contribution in [3.63, 3.8) is 0 Å². The summed E-state index contributed by atoms with van der Waals surface area (Å²) in [7, 11) is 0. The van der Waals surface area contributed by atoms with Gasteiger partial charge in [0.15, 0.2) is 5.78 Å². The minimum Gasteiger partial charge on any atom is -0.295 e. The van der Waals surface area contributed by atoms with Gasteiger partial charge in [-0.1, -0.05) is 26.3 Å². The first-order chi connectivity index (χ1) is 4.68. The predicted octanol–water partition coefficient (Wildman–Crippen LogP) is 2.71. The van der Waals surface area contributed by atoms with Crippen molar-refractivity contribution in [2.45, 2.75) is 39.5 Å². The molecule has 0 aromatic rings. The Morgan fingerprint density at radius 2 is 2.00 bits per heavy atom. The smallest absolute Gasteiger partial charge is 0.155 e. The first-order valence-corrected chi connectivity index (χ1v) is 3.87. The number of rotatable bonds is 5. The van der Waals surface area contributed by atoms with E-state index in [1.54, 1.807) is 6.92 Å². The van der Waals surface area contributed by atoms with Crippen molar-refractivity contribution >= 4 is 5.78 Å². The molecule has 0 amide bonds. The van der Waals surface area contributed by atoms with E-state index in [9.17, 15) is 4.79 Å². The van der Waals surface area contributed by atoms with Crippen molar-refractivity contribution in [2.24, 2.45) is 0 Å². The number of Topliss-reactive ketones (excluding diaryl/α,β-unsaturated/α-hetero) is 1. The average Bonchev–Trinajstić information content (AvgIpc) is 1.88. The monoisotopic (exact) mass is 140 g/mol. The lowest BCUT2D eigenvalue weighted by molar-refractivity contribution is -0.113. The lowest BCUT2D eigenvalue weighted by Crippen LogP contribution is -1.93. The van der Waals surface area contributed by atoms with Gasteiger partial charge in [0, 0.05) is 0 Å². The zero-order chi connectivity index (χ0) is 7.98. The summed E-state index contributed by atoms with van der Waals surface area (Å²) < 4.78 is 0. The van der Waals surface area contributed by atoms with Crippen LogP contribution in [0.25, 0.3) is 0 Å². The number of ketones is 1. The minimum atomic E-state index is 0.135. The van der Waals surface area contributed by atoms with Crippen molar-refractivity contribution in [2.75, 3.05) is 0 Å². The van der Waals surface area contributed by atoms with E-state index in [4.69, 9.17) is 0 Å². The molecular formula is C9H16O. The number of hydrogen-bond donors (Lipinski definition) is 0. The summed E-state index contributed by atoms with van der Waals surface area (Å²) in [6.07, 6.45) is 4.38. The number of hydrogen-bond acceptors (Lipinski definition) is 1. The van der Waals surface area contributed by atoms with E-state index in [1.165, 1.54) is 12.8 Å². The molecule has 0 bridgehead atoms. The standard InChI is InChI=1S/C9H16O/c1-4-5-6-7-8(2)9(3)10/h2,4-7H2,1,3H3. The maximum Gasteiger partial charge on any atom is 0.155 e. The summed E-state index contributed by atoms with van der Waals surface area (Å²) in [5.74, 6) is 0.135. The summed E-state index contributed by atoms with van der Waals surface area (Å²) in [6.45, 7) is 7.40. The molecule has 0 aliphatic heterocycles. The van der Waals surface area contributed by atoms with Crippen molar-refractivity contribution in [3.8, 4) is 0 Å². The van der Waals surface area contributed by atoms with E-state index < -0.39 is 0 Å². The van der Waals surface area contributed by atoms with E-state index in [2.05, 4.69) is 13.5 Å². The zero-order valence-electron chi connectivity index (χ0n) is 6.94. The Kier molecular flexibility index (Phi) is 4.91. The fourth-order valence-corrected chi connectivity index (χ4v) is 0.764. The summed E-state index contributed by atoms with van der Waals surface area (Å²) in [5.41, 5.74) is 0.772. The Balaban J connectivity index is 3.31. The van der Waals surface area contributed by atoms with E-state index in [0.717, 1.165) is 18.4 Å². The molecular weight excluding hydrogens is 124 g/mol. The molecule has 0 saturated carbocycles. The van der Waals surface area contributed by atoms with Gasteiger partial charge in [0.1, 0.15) is 0 Å². The van der Waals surface area contributed by atoms with Gasteiger partial charge in [-0.3, -0.25) is 4.79 Å². The lowest BCUT2D eigenvalue weighted by Gasteiger charge is -1.98. The van der Waals surface area contributed by atoms with E-state index in [1.807, 2.05) is 0 Å². The van der Waals surface area contributed by atoms with Crippen LogP contribution in [0.1, 0.15) is 39.5 Å². The minimum absolute atomic E-state index is 0.135. The van der Waals surface area contributed by atoms with E-state index in [-0.39, 0.29) is 5.78 Å². The summed E-state index contributed by atoms with van der Waals surface area (Å²) in [6, 6.07) is 0. The second-order valence-corrected chi connectivity index (χ2v) is 2.62. The Morgan fingerprint density at radius 3 is 2.40 bits per heavy atom. The Hall–Kier alpha value is -0.590. The highest BCUT2D eigenvalue weighted by molar-refractivity contribution is 5.92. The molecule has 0 atom stereocenters. The molecule has 0 radical (unpaired) electrons.